The van der Waals surface area contributed by atoms with Crippen molar-refractivity contribution in [2.24, 2.45) is 0 Å². The van der Waals surface area contributed by atoms with Crippen LogP contribution in [0.4, 0.5) is 0 Å². The van der Waals surface area contributed by atoms with E-state index >= 15 is 0 Å². The Kier molecular flexibility index (Phi) is 5.57. The first-order valence-corrected chi connectivity index (χ1v) is 7.74. The van der Waals surface area contributed by atoms with E-state index in [1.165, 1.54) is 0 Å². The van der Waals surface area contributed by atoms with Crippen molar-refractivity contribution in [1.29, 1.82) is 0 Å². The standard InChI is InChI=1S/C9H16BrN3O3S/c1-7-9(8(2)13-12-7)17(14,15)11-4-6-16-5-3-10/h11H,3-6H2,1-2H3,(H,12,13). The maximum absolute atomic E-state index is 11.9. The van der Waals surface area contributed by atoms with Crippen LogP contribution in [-0.4, -0.2) is 43.7 Å². The highest BCUT2D eigenvalue weighted by atomic mass is 79.9. The SMILES string of the molecule is Cc1n[nH]c(C)c1S(=O)(=O)NCCOCCBr. The number of rotatable bonds is 7. The molecule has 0 saturated heterocycles. The first kappa shape index (κ1) is 14.6. The van der Waals surface area contributed by atoms with Gasteiger partial charge in [0.15, 0.2) is 0 Å². The topological polar surface area (TPSA) is 84.1 Å². The average Bonchev–Trinajstić information content (AvgIpc) is 2.58. The van der Waals surface area contributed by atoms with Gasteiger partial charge >= 0.3 is 0 Å². The molecular weight excluding hydrogens is 310 g/mol. The maximum atomic E-state index is 11.9. The summed E-state index contributed by atoms with van der Waals surface area (Å²) in [5.74, 6) is 0. The zero-order chi connectivity index (χ0) is 12.9. The van der Waals surface area contributed by atoms with E-state index in [1.54, 1.807) is 13.8 Å². The fraction of sp³-hybridized carbons (Fsp3) is 0.667. The van der Waals surface area contributed by atoms with Gasteiger partial charge in [0.25, 0.3) is 0 Å². The summed E-state index contributed by atoms with van der Waals surface area (Å²) in [6.45, 7) is 4.49. The molecule has 0 amide bonds. The number of halogens is 1. The van der Waals surface area contributed by atoms with Crippen molar-refractivity contribution in [1.82, 2.24) is 14.9 Å². The first-order chi connectivity index (χ1) is 7.99. The summed E-state index contributed by atoms with van der Waals surface area (Å²) in [6, 6.07) is 0. The molecule has 98 valence electrons. The quantitative estimate of drug-likeness (QED) is 0.571. The molecule has 6 nitrogen and oxygen atoms in total. The Morgan fingerprint density at radius 2 is 2.12 bits per heavy atom. The molecule has 0 aliphatic carbocycles. The van der Waals surface area contributed by atoms with E-state index in [0.29, 0.717) is 24.6 Å². The lowest BCUT2D eigenvalue weighted by atomic mass is 10.4. The van der Waals surface area contributed by atoms with E-state index in [-0.39, 0.29) is 11.4 Å². The third kappa shape index (κ3) is 4.06. The second kappa shape index (κ2) is 6.48. The molecule has 0 fully saturated rings. The third-order valence-corrected chi connectivity index (χ3v) is 4.14. The molecule has 1 heterocycles. The minimum Gasteiger partial charge on any atom is -0.379 e. The van der Waals surface area contributed by atoms with Crippen LogP contribution in [0.2, 0.25) is 0 Å². The molecule has 17 heavy (non-hydrogen) atoms. The Morgan fingerprint density at radius 3 is 2.65 bits per heavy atom. The van der Waals surface area contributed by atoms with E-state index in [9.17, 15) is 8.42 Å². The van der Waals surface area contributed by atoms with Crippen molar-refractivity contribution in [3.8, 4) is 0 Å². The molecule has 0 spiro atoms. The molecule has 0 atom stereocenters. The van der Waals surface area contributed by atoms with E-state index < -0.39 is 10.0 Å². The molecule has 0 aliphatic rings. The molecule has 0 saturated carbocycles. The summed E-state index contributed by atoms with van der Waals surface area (Å²) >= 11 is 3.22. The summed E-state index contributed by atoms with van der Waals surface area (Å²) in [6.07, 6.45) is 0. The predicted molar refractivity (Wildman–Crippen MR) is 67.9 cm³/mol. The number of ether oxygens (including phenoxy) is 1. The van der Waals surface area contributed by atoms with Gasteiger partial charge in [-0.1, -0.05) is 15.9 Å². The number of nitrogens with zero attached hydrogens (tertiary/aromatic N) is 1. The summed E-state index contributed by atoms with van der Waals surface area (Å²) in [5.41, 5.74) is 1.01. The highest BCUT2D eigenvalue weighted by molar-refractivity contribution is 9.09. The van der Waals surface area contributed by atoms with Gasteiger partial charge in [-0.05, 0) is 13.8 Å². The number of aryl methyl sites for hydroxylation is 2. The highest BCUT2D eigenvalue weighted by Crippen LogP contribution is 2.15. The number of H-pyrrole nitrogens is 1. The summed E-state index contributed by atoms with van der Waals surface area (Å²) < 4.78 is 31.5. The van der Waals surface area contributed by atoms with Gasteiger partial charge in [0.1, 0.15) is 4.90 Å². The lowest BCUT2D eigenvalue weighted by Crippen LogP contribution is -2.28. The molecular formula is C9H16BrN3O3S. The van der Waals surface area contributed by atoms with Crippen molar-refractivity contribution >= 4 is 26.0 Å². The number of hydrogen-bond acceptors (Lipinski definition) is 4. The molecule has 1 aromatic rings. The second-order valence-electron chi connectivity index (χ2n) is 3.46. The van der Waals surface area contributed by atoms with Crippen molar-refractivity contribution in [2.75, 3.05) is 25.1 Å². The fourth-order valence-electron chi connectivity index (χ4n) is 1.41. The van der Waals surface area contributed by atoms with Crippen LogP contribution in [0.3, 0.4) is 0 Å². The van der Waals surface area contributed by atoms with Gasteiger partial charge in [0, 0.05) is 11.9 Å². The average molecular weight is 326 g/mol. The van der Waals surface area contributed by atoms with E-state index in [0.717, 1.165) is 5.33 Å². The Labute approximate surface area is 109 Å². The van der Waals surface area contributed by atoms with Gasteiger partial charge in [-0.2, -0.15) is 5.10 Å². The fourth-order valence-corrected chi connectivity index (χ4v) is 3.02. The molecule has 8 heteroatoms. The largest absolute Gasteiger partial charge is 0.379 e. The zero-order valence-electron chi connectivity index (χ0n) is 9.79. The van der Waals surface area contributed by atoms with Gasteiger partial charge in [-0.25, -0.2) is 13.1 Å². The predicted octanol–water partition coefficient (Wildman–Crippen LogP) is 0.716. The smallest absolute Gasteiger partial charge is 0.244 e. The van der Waals surface area contributed by atoms with Gasteiger partial charge in [0.2, 0.25) is 10.0 Å². The van der Waals surface area contributed by atoms with Crippen LogP contribution < -0.4 is 4.72 Å². The van der Waals surface area contributed by atoms with Crippen LogP contribution in [0.25, 0.3) is 0 Å². The van der Waals surface area contributed by atoms with E-state index in [4.69, 9.17) is 4.74 Å². The van der Waals surface area contributed by atoms with Crippen molar-refractivity contribution in [3.05, 3.63) is 11.4 Å². The molecule has 0 radical (unpaired) electrons. The minimum atomic E-state index is -3.50. The third-order valence-electron chi connectivity index (χ3n) is 2.09. The molecule has 1 aromatic heterocycles. The highest BCUT2D eigenvalue weighted by Gasteiger charge is 2.21. The minimum absolute atomic E-state index is 0.220. The zero-order valence-corrected chi connectivity index (χ0v) is 12.2. The van der Waals surface area contributed by atoms with Crippen molar-refractivity contribution < 1.29 is 13.2 Å². The van der Waals surface area contributed by atoms with Crippen molar-refractivity contribution in [2.45, 2.75) is 18.7 Å². The monoisotopic (exact) mass is 325 g/mol. The number of nitrogens with one attached hydrogen (secondary N) is 2. The number of hydrogen-bond donors (Lipinski definition) is 2. The summed E-state index contributed by atoms with van der Waals surface area (Å²) in [7, 11) is -3.50. The van der Waals surface area contributed by atoms with Gasteiger partial charge in [-0.15, -0.1) is 0 Å². The molecule has 0 bridgehead atoms. The number of aromatic amines is 1. The lowest BCUT2D eigenvalue weighted by molar-refractivity contribution is 0.156. The Morgan fingerprint density at radius 1 is 1.41 bits per heavy atom. The Balaban J connectivity index is 2.58. The summed E-state index contributed by atoms with van der Waals surface area (Å²) in [5, 5.41) is 7.24. The maximum Gasteiger partial charge on any atom is 0.244 e. The van der Waals surface area contributed by atoms with E-state index in [1.807, 2.05) is 0 Å². The molecule has 0 aliphatic heterocycles. The van der Waals surface area contributed by atoms with Gasteiger partial charge < -0.3 is 4.74 Å². The number of aromatic nitrogens is 2. The summed E-state index contributed by atoms with van der Waals surface area (Å²) in [4.78, 5) is 0.220. The van der Waals surface area contributed by atoms with Crippen LogP contribution in [0.1, 0.15) is 11.4 Å². The Hall–Kier alpha value is -0.440. The van der Waals surface area contributed by atoms with Crippen molar-refractivity contribution in [3.63, 3.8) is 0 Å². The van der Waals surface area contributed by atoms with Crippen LogP contribution in [0.5, 0.6) is 0 Å². The van der Waals surface area contributed by atoms with Gasteiger partial charge in [0.05, 0.1) is 24.6 Å². The lowest BCUT2D eigenvalue weighted by Gasteiger charge is -2.06. The number of sulfonamides is 1. The molecule has 2 N–H and O–H groups in total. The molecule has 0 aromatic carbocycles. The normalized spacial score (nSPS) is 11.9. The Bertz CT molecular complexity index is 439. The first-order valence-electron chi connectivity index (χ1n) is 5.14. The van der Waals surface area contributed by atoms with Crippen LogP contribution >= 0.6 is 15.9 Å². The van der Waals surface area contributed by atoms with Crippen LogP contribution in [0.15, 0.2) is 4.90 Å². The van der Waals surface area contributed by atoms with Gasteiger partial charge in [-0.3, -0.25) is 5.10 Å². The molecule has 0 unspecified atom stereocenters. The molecule has 1 rings (SSSR count). The number of alkyl halides is 1. The van der Waals surface area contributed by atoms with Crippen LogP contribution in [0, 0.1) is 13.8 Å². The second-order valence-corrected chi connectivity index (χ2v) is 5.96. The van der Waals surface area contributed by atoms with Crippen LogP contribution in [-0.2, 0) is 14.8 Å². The van der Waals surface area contributed by atoms with E-state index in [2.05, 4.69) is 30.8 Å².